The third-order valence-electron chi connectivity index (χ3n) is 2.59. The van der Waals surface area contributed by atoms with Crippen LogP contribution in [0.15, 0.2) is 0 Å². The van der Waals surface area contributed by atoms with Crippen LogP contribution in [-0.2, 0) is 9.59 Å². The quantitative estimate of drug-likeness (QED) is 0.528. The molecule has 7 heteroatoms. The van der Waals surface area contributed by atoms with Crippen molar-refractivity contribution in [1.29, 1.82) is 0 Å². The molecule has 104 valence electrons. The van der Waals surface area contributed by atoms with E-state index in [1.807, 2.05) is 0 Å². The second kappa shape index (κ2) is 7.52. The lowest BCUT2D eigenvalue weighted by molar-refractivity contribution is -0.143. The Balaban J connectivity index is 4.17. The van der Waals surface area contributed by atoms with Crippen LogP contribution >= 0.6 is 0 Å². The van der Waals surface area contributed by atoms with Crippen LogP contribution in [0.5, 0.6) is 0 Å². The lowest BCUT2D eigenvalue weighted by atomic mass is 9.96. The van der Waals surface area contributed by atoms with E-state index < -0.39 is 24.0 Å². The first-order chi connectivity index (χ1) is 8.29. The number of rotatable bonds is 6. The van der Waals surface area contributed by atoms with Gasteiger partial charge in [-0.15, -0.1) is 0 Å². The predicted molar refractivity (Wildman–Crippen MR) is 66.0 cm³/mol. The number of carboxylic acids is 1. The second-order valence-corrected chi connectivity index (χ2v) is 4.38. The zero-order chi connectivity index (χ0) is 14.3. The number of carbonyl (C=O) groups excluding carboxylic acids is 2. The number of hydrogen-bond donors (Lipinski definition) is 4. The first-order valence-corrected chi connectivity index (χ1v) is 5.78. The molecule has 0 aliphatic heterocycles. The molecule has 0 spiro atoms. The number of nitrogens with one attached hydrogen (secondary N) is 3. The van der Waals surface area contributed by atoms with Gasteiger partial charge in [-0.1, -0.05) is 13.8 Å². The molecule has 0 aromatic rings. The van der Waals surface area contributed by atoms with Gasteiger partial charge in [-0.2, -0.15) is 0 Å². The van der Waals surface area contributed by atoms with Crippen molar-refractivity contribution in [1.82, 2.24) is 16.0 Å². The molecule has 0 heterocycles. The molecule has 0 aliphatic rings. The average Bonchev–Trinajstić information content (AvgIpc) is 2.26. The molecule has 0 saturated carbocycles. The third-order valence-corrected chi connectivity index (χ3v) is 2.59. The molecule has 0 radical (unpaired) electrons. The summed E-state index contributed by atoms with van der Waals surface area (Å²) in [6.45, 7) is 5.10. The van der Waals surface area contributed by atoms with Gasteiger partial charge in [0.2, 0.25) is 5.91 Å². The molecule has 0 aromatic heterocycles. The molecule has 0 aromatic carbocycles. The van der Waals surface area contributed by atoms with Crippen LogP contribution in [0.25, 0.3) is 0 Å². The average molecular weight is 259 g/mol. The van der Waals surface area contributed by atoms with Gasteiger partial charge in [0.15, 0.2) is 0 Å². The predicted octanol–water partition coefficient (Wildman–Crippen LogP) is -0.223. The minimum atomic E-state index is -0.954. The van der Waals surface area contributed by atoms with Crippen LogP contribution < -0.4 is 16.0 Å². The minimum absolute atomic E-state index is 0.0271. The molecular formula is C11H21N3O4. The van der Waals surface area contributed by atoms with Crippen LogP contribution in [0.3, 0.4) is 0 Å². The standard InChI is InChI=1S/C11H21N3O4/c1-6(2)8(10(16)17)5-13-11(18)14-7(3)9(15)12-4/h6-8H,5H2,1-4H3,(H,12,15)(H,16,17)(H2,13,14,18). The highest BCUT2D eigenvalue weighted by Crippen LogP contribution is 2.09. The fourth-order valence-corrected chi connectivity index (χ4v) is 1.34. The number of likely N-dealkylation sites (N-methyl/N-ethyl adjacent to an activating group) is 1. The summed E-state index contributed by atoms with van der Waals surface area (Å²) in [6, 6.07) is -1.23. The van der Waals surface area contributed by atoms with Crippen LogP contribution in [0.1, 0.15) is 20.8 Å². The maximum atomic E-state index is 11.4. The van der Waals surface area contributed by atoms with E-state index in [9.17, 15) is 14.4 Å². The summed E-state index contributed by atoms with van der Waals surface area (Å²) in [4.78, 5) is 33.5. The third kappa shape index (κ3) is 5.51. The van der Waals surface area contributed by atoms with Gasteiger partial charge in [0.05, 0.1) is 5.92 Å². The highest BCUT2D eigenvalue weighted by molar-refractivity contribution is 5.86. The number of carbonyl (C=O) groups is 3. The van der Waals surface area contributed by atoms with Crippen molar-refractivity contribution in [3.63, 3.8) is 0 Å². The van der Waals surface area contributed by atoms with Crippen LogP contribution in [0, 0.1) is 11.8 Å². The highest BCUT2D eigenvalue weighted by atomic mass is 16.4. The Kier molecular flexibility index (Phi) is 6.77. The van der Waals surface area contributed by atoms with E-state index in [-0.39, 0.29) is 18.4 Å². The molecule has 0 saturated heterocycles. The van der Waals surface area contributed by atoms with E-state index in [1.54, 1.807) is 13.8 Å². The van der Waals surface area contributed by atoms with Crippen molar-refractivity contribution in [3.05, 3.63) is 0 Å². The van der Waals surface area contributed by atoms with Gasteiger partial charge in [-0.25, -0.2) is 4.79 Å². The van der Waals surface area contributed by atoms with Crippen LogP contribution in [0.4, 0.5) is 4.79 Å². The summed E-state index contributed by atoms with van der Waals surface area (Å²) in [5, 5.41) is 16.2. The molecule has 2 atom stereocenters. The van der Waals surface area contributed by atoms with Crippen molar-refractivity contribution >= 4 is 17.9 Å². The van der Waals surface area contributed by atoms with Crippen LogP contribution in [-0.4, -0.2) is 42.6 Å². The number of urea groups is 1. The van der Waals surface area contributed by atoms with E-state index in [0.29, 0.717) is 0 Å². The molecule has 18 heavy (non-hydrogen) atoms. The summed E-state index contributed by atoms with van der Waals surface area (Å²) in [5.74, 6) is -2.00. The van der Waals surface area contributed by atoms with Crippen LogP contribution in [0.2, 0.25) is 0 Å². The molecule has 0 bridgehead atoms. The Hall–Kier alpha value is -1.79. The van der Waals surface area contributed by atoms with Gasteiger partial charge in [0, 0.05) is 13.6 Å². The number of carboxylic acid groups (broad SMARTS) is 1. The molecule has 4 N–H and O–H groups in total. The molecule has 2 unspecified atom stereocenters. The molecule has 7 nitrogen and oxygen atoms in total. The Labute approximate surface area is 106 Å². The maximum Gasteiger partial charge on any atom is 0.315 e. The Bertz CT molecular complexity index is 317. The van der Waals surface area contributed by atoms with Crippen molar-refractivity contribution in [2.75, 3.05) is 13.6 Å². The van der Waals surface area contributed by atoms with Gasteiger partial charge >= 0.3 is 12.0 Å². The maximum absolute atomic E-state index is 11.4. The van der Waals surface area contributed by atoms with Gasteiger partial charge in [0.25, 0.3) is 0 Å². The van der Waals surface area contributed by atoms with Gasteiger partial charge in [0.1, 0.15) is 6.04 Å². The zero-order valence-corrected chi connectivity index (χ0v) is 11.1. The smallest absolute Gasteiger partial charge is 0.315 e. The number of aliphatic carboxylic acids is 1. The van der Waals surface area contributed by atoms with Gasteiger partial charge in [-0.05, 0) is 12.8 Å². The first kappa shape index (κ1) is 16.2. The molecule has 3 amide bonds. The van der Waals surface area contributed by atoms with E-state index in [0.717, 1.165) is 0 Å². The molecule has 0 aliphatic carbocycles. The monoisotopic (exact) mass is 259 g/mol. The second-order valence-electron chi connectivity index (χ2n) is 4.38. The van der Waals surface area contributed by atoms with Crippen molar-refractivity contribution in [2.24, 2.45) is 11.8 Å². The van der Waals surface area contributed by atoms with E-state index in [4.69, 9.17) is 5.11 Å². The van der Waals surface area contributed by atoms with Crippen molar-refractivity contribution in [3.8, 4) is 0 Å². The summed E-state index contributed by atoms with van der Waals surface area (Å²) in [7, 11) is 1.47. The van der Waals surface area contributed by atoms with E-state index in [2.05, 4.69) is 16.0 Å². The summed E-state index contributed by atoms with van der Waals surface area (Å²) in [5.41, 5.74) is 0. The topological polar surface area (TPSA) is 108 Å². The Morgan fingerprint density at radius 1 is 1.17 bits per heavy atom. The molecular weight excluding hydrogens is 238 g/mol. The van der Waals surface area contributed by atoms with Crippen molar-refractivity contribution < 1.29 is 19.5 Å². The SMILES string of the molecule is CNC(=O)C(C)NC(=O)NCC(C(=O)O)C(C)C. The lowest BCUT2D eigenvalue weighted by Gasteiger charge is -2.18. The fourth-order valence-electron chi connectivity index (χ4n) is 1.34. The summed E-state index contributed by atoms with van der Waals surface area (Å²) < 4.78 is 0. The van der Waals surface area contributed by atoms with Crippen molar-refractivity contribution in [2.45, 2.75) is 26.8 Å². The van der Waals surface area contributed by atoms with Gasteiger partial charge in [-0.3, -0.25) is 9.59 Å². The first-order valence-electron chi connectivity index (χ1n) is 5.78. The minimum Gasteiger partial charge on any atom is -0.481 e. The van der Waals surface area contributed by atoms with E-state index >= 15 is 0 Å². The number of amides is 3. The normalized spacial score (nSPS) is 13.6. The van der Waals surface area contributed by atoms with Gasteiger partial charge < -0.3 is 21.1 Å². The molecule has 0 fully saturated rings. The summed E-state index contributed by atoms with van der Waals surface area (Å²) in [6.07, 6.45) is 0. The Morgan fingerprint density at radius 3 is 2.11 bits per heavy atom. The fraction of sp³-hybridized carbons (Fsp3) is 0.727. The number of hydrogen-bond acceptors (Lipinski definition) is 3. The van der Waals surface area contributed by atoms with E-state index in [1.165, 1.54) is 14.0 Å². The summed E-state index contributed by atoms with van der Waals surface area (Å²) >= 11 is 0. The lowest BCUT2D eigenvalue weighted by Crippen LogP contribution is -2.49. The largest absolute Gasteiger partial charge is 0.481 e. The highest BCUT2D eigenvalue weighted by Gasteiger charge is 2.22. The molecule has 0 rings (SSSR count). The Morgan fingerprint density at radius 2 is 1.72 bits per heavy atom. The zero-order valence-electron chi connectivity index (χ0n) is 11.1.